The van der Waals surface area contributed by atoms with Crippen molar-refractivity contribution < 1.29 is 9.90 Å². The lowest BCUT2D eigenvalue weighted by Gasteiger charge is -2.16. The fourth-order valence-electron chi connectivity index (χ4n) is 2.75. The number of carbonyl (C=O) groups is 1. The molecule has 3 rings (SSSR count). The van der Waals surface area contributed by atoms with E-state index in [1.807, 2.05) is 19.1 Å². The van der Waals surface area contributed by atoms with E-state index in [-0.39, 0.29) is 6.04 Å². The number of aryl methyl sites for hydroxylation is 1. The van der Waals surface area contributed by atoms with E-state index in [2.05, 4.69) is 22.4 Å². The third-order valence-electron chi connectivity index (χ3n) is 3.73. The predicted octanol–water partition coefficient (Wildman–Crippen LogP) is 2.71. The van der Waals surface area contributed by atoms with Crippen LogP contribution in [0.15, 0.2) is 30.5 Å². The van der Waals surface area contributed by atoms with E-state index >= 15 is 0 Å². The molecule has 0 saturated carbocycles. The third kappa shape index (κ3) is 2.39. The summed E-state index contributed by atoms with van der Waals surface area (Å²) in [6.45, 7) is 3.18. The number of rotatable bonds is 2. The Morgan fingerprint density at radius 1 is 1.50 bits per heavy atom. The summed E-state index contributed by atoms with van der Waals surface area (Å²) in [5, 5.41) is 13.5. The summed E-state index contributed by atoms with van der Waals surface area (Å²) in [5.41, 5.74) is 3.16. The fourth-order valence-corrected chi connectivity index (χ4v) is 2.75. The van der Waals surface area contributed by atoms with E-state index in [1.165, 1.54) is 4.90 Å². The average Bonchev–Trinajstić information content (AvgIpc) is 2.87. The van der Waals surface area contributed by atoms with Crippen molar-refractivity contribution in [2.45, 2.75) is 19.4 Å². The molecule has 1 amide bonds. The maximum atomic E-state index is 10.9. The number of pyridine rings is 1. The quantitative estimate of drug-likeness (QED) is 0.881. The molecule has 1 atom stereocenters. The molecule has 2 N–H and O–H groups in total. The standard InChI is InChI=1S/C15H17N3O2/c1-10-7-13(8-11-3-2-5-16-14(10)11)17-12-4-6-18(9-12)15(19)20/h2-3,5,7-8,12,17H,4,6,9H2,1H3,(H,19,20)/t12-/m0/s1. The van der Waals surface area contributed by atoms with Crippen molar-refractivity contribution in [3.05, 3.63) is 36.0 Å². The number of carboxylic acid groups (broad SMARTS) is 1. The molecule has 1 aromatic carbocycles. The van der Waals surface area contributed by atoms with Crippen molar-refractivity contribution in [2.24, 2.45) is 0 Å². The van der Waals surface area contributed by atoms with Gasteiger partial charge in [-0.25, -0.2) is 4.79 Å². The molecule has 2 aromatic rings. The fraction of sp³-hybridized carbons (Fsp3) is 0.333. The zero-order valence-electron chi connectivity index (χ0n) is 11.3. The van der Waals surface area contributed by atoms with Gasteiger partial charge in [0.05, 0.1) is 5.52 Å². The molecule has 1 fully saturated rings. The summed E-state index contributed by atoms with van der Waals surface area (Å²) in [6, 6.07) is 8.28. The molecule has 0 unspecified atom stereocenters. The van der Waals surface area contributed by atoms with Gasteiger partial charge in [-0.3, -0.25) is 4.98 Å². The van der Waals surface area contributed by atoms with Gasteiger partial charge in [-0.05, 0) is 37.1 Å². The SMILES string of the molecule is Cc1cc(N[C@H]2CCN(C(=O)O)C2)cc2cccnc12. The second kappa shape index (κ2) is 5.00. The molecule has 5 heteroatoms. The normalized spacial score (nSPS) is 18.4. The van der Waals surface area contributed by atoms with Crippen LogP contribution in [-0.2, 0) is 0 Å². The minimum absolute atomic E-state index is 0.180. The molecule has 2 heterocycles. The molecule has 1 saturated heterocycles. The number of nitrogens with one attached hydrogen (secondary N) is 1. The molecule has 0 radical (unpaired) electrons. The van der Waals surface area contributed by atoms with E-state index < -0.39 is 6.09 Å². The second-order valence-corrected chi connectivity index (χ2v) is 5.23. The number of nitrogens with zero attached hydrogens (tertiary/aromatic N) is 2. The van der Waals surface area contributed by atoms with Crippen molar-refractivity contribution >= 4 is 22.7 Å². The summed E-state index contributed by atoms with van der Waals surface area (Å²) in [4.78, 5) is 16.7. The number of amides is 1. The van der Waals surface area contributed by atoms with Crippen LogP contribution in [0.2, 0.25) is 0 Å². The maximum Gasteiger partial charge on any atom is 0.407 e. The highest BCUT2D eigenvalue weighted by Crippen LogP contribution is 2.23. The van der Waals surface area contributed by atoms with E-state index in [0.717, 1.165) is 28.6 Å². The van der Waals surface area contributed by atoms with Gasteiger partial charge in [-0.15, -0.1) is 0 Å². The van der Waals surface area contributed by atoms with Crippen LogP contribution in [0.3, 0.4) is 0 Å². The zero-order chi connectivity index (χ0) is 14.1. The van der Waals surface area contributed by atoms with Gasteiger partial charge < -0.3 is 15.3 Å². The lowest BCUT2D eigenvalue weighted by atomic mass is 10.1. The highest BCUT2D eigenvalue weighted by molar-refractivity contribution is 5.85. The van der Waals surface area contributed by atoms with Gasteiger partial charge in [0.25, 0.3) is 0 Å². The lowest BCUT2D eigenvalue weighted by molar-refractivity contribution is 0.155. The monoisotopic (exact) mass is 271 g/mol. The van der Waals surface area contributed by atoms with E-state index in [0.29, 0.717) is 13.1 Å². The molecule has 0 bridgehead atoms. The predicted molar refractivity (Wildman–Crippen MR) is 78.1 cm³/mol. The number of fused-ring (bicyclic) bond motifs is 1. The Labute approximate surface area is 117 Å². The van der Waals surface area contributed by atoms with Crippen LogP contribution in [0.5, 0.6) is 0 Å². The number of aromatic nitrogens is 1. The van der Waals surface area contributed by atoms with Crippen LogP contribution >= 0.6 is 0 Å². The Bertz CT molecular complexity index is 657. The number of hydrogen-bond donors (Lipinski definition) is 2. The largest absolute Gasteiger partial charge is 0.465 e. The van der Waals surface area contributed by atoms with Crippen molar-refractivity contribution in [1.82, 2.24) is 9.88 Å². The van der Waals surface area contributed by atoms with Crippen LogP contribution in [0.25, 0.3) is 10.9 Å². The smallest absolute Gasteiger partial charge is 0.407 e. The van der Waals surface area contributed by atoms with Crippen molar-refractivity contribution in [3.8, 4) is 0 Å². The summed E-state index contributed by atoms with van der Waals surface area (Å²) >= 11 is 0. The van der Waals surface area contributed by atoms with E-state index in [4.69, 9.17) is 5.11 Å². The molecular formula is C15H17N3O2. The van der Waals surface area contributed by atoms with Crippen molar-refractivity contribution in [3.63, 3.8) is 0 Å². The van der Waals surface area contributed by atoms with E-state index in [9.17, 15) is 4.79 Å². The summed E-state index contributed by atoms with van der Waals surface area (Å²) in [7, 11) is 0. The first-order chi connectivity index (χ1) is 9.63. The van der Waals surface area contributed by atoms with Crippen molar-refractivity contribution in [2.75, 3.05) is 18.4 Å². The van der Waals surface area contributed by atoms with Gasteiger partial charge in [0.15, 0.2) is 0 Å². The molecule has 5 nitrogen and oxygen atoms in total. The summed E-state index contributed by atoms with van der Waals surface area (Å²) in [6.07, 6.45) is 1.80. The number of benzene rings is 1. The van der Waals surface area contributed by atoms with Gasteiger partial charge in [0.1, 0.15) is 0 Å². The van der Waals surface area contributed by atoms with E-state index in [1.54, 1.807) is 6.20 Å². The Balaban J connectivity index is 1.80. The van der Waals surface area contributed by atoms with Crippen LogP contribution in [0.4, 0.5) is 10.5 Å². The molecule has 1 aromatic heterocycles. The Hall–Kier alpha value is -2.30. The van der Waals surface area contributed by atoms with Crippen molar-refractivity contribution in [1.29, 1.82) is 0 Å². The Morgan fingerprint density at radius 2 is 2.35 bits per heavy atom. The molecule has 1 aliphatic heterocycles. The molecule has 0 aliphatic carbocycles. The molecule has 0 spiro atoms. The van der Waals surface area contributed by atoms with Gasteiger partial charge >= 0.3 is 6.09 Å². The third-order valence-corrected chi connectivity index (χ3v) is 3.73. The maximum absolute atomic E-state index is 10.9. The molecule has 20 heavy (non-hydrogen) atoms. The van der Waals surface area contributed by atoms with Gasteiger partial charge in [0.2, 0.25) is 0 Å². The minimum atomic E-state index is -0.840. The summed E-state index contributed by atoms with van der Waals surface area (Å²) in [5.74, 6) is 0. The lowest BCUT2D eigenvalue weighted by Crippen LogP contribution is -2.30. The number of likely N-dealkylation sites (tertiary alicyclic amines) is 1. The van der Waals surface area contributed by atoms with Crippen LogP contribution < -0.4 is 5.32 Å². The van der Waals surface area contributed by atoms with Crippen LogP contribution in [-0.4, -0.2) is 40.2 Å². The highest BCUT2D eigenvalue weighted by atomic mass is 16.4. The van der Waals surface area contributed by atoms with Gasteiger partial charge in [-0.1, -0.05) is 6.07 Å². The zero-order valence-corrected chi connectivity index (χ0v) is 11.3. The van der Waals surface area contributed by atoms with Gasteiger partial charge in [-0.2, -0.15) is 0 Å². The average molecular weight is 271 g/mol. The van der Waals surface area contributed by atoms with Crippen LogP contribution in [0.1, 0.15) is 12.0 Å². The first kappa shape index (κ1) is 12.7. The van der Waals surface area contributed by atoms with Gasteiger partial charge in [0, 0.05) is 36.4 Å². The summed E-state index contributed by atoms with van der Waals surface area (Å²) < 4.78 is 0. The minimum Gasteiger partial charge on any atom is -0.465 e. The topological polar surface area (TPSA) is 65.5 Å². The molecule has 1 aliphatic rings. The number of hydrogen-bond acceptors (Lipinski definition) is 3. The second-order valence-electron chi connectivity index (χ2n) is 5.23. The highest BCUT2D eigenvalue weighted by Gasteiger charge is 2.25. The van der Waals surface area contributed by atoms with Crippen LogP contribution in [0, 0.1) is 6.92 Å². The first-order valence-corrected chi connectivity index (χ1v) is 6.73. The molecule has 104 valence electrons. The Kier molecular flexibility index (Phi) is 3.18. The Morgan fingerprint density at radius 3 is 3.10 bits per heavy atom. The first-order valence-electron chi connectivity index (χ1n) is 6.73. The molecular weight excluding hydrogens is 254 g/mol. The number of anilines is 1.